The highest BCUT2D eigenvalue weighted by Gasteiger charge is 2.36. The van der Waals surface area contributed by atoms with Crippen molar-refractivity contribution in [2.75, 3.05) is 0 Å². The van der Waals surface area contributed by atoms with Gasteiger partial charge in [-0.15, -0.1) is 0 Å². The molecule has 0 N–H and O–H groups in total. The lowest BCUT2D eigenvalue weighted by molar-refractivity contribution is -0.158. The van der Waals surface area contributed by atoms with Crippen LogP contribution in [-0.2, 0) is 32.1 Å². The van der Waals surface area contributed by atoms with E-state index in [4.69, 9.17) is 4.74 Å². The summed E-state index contributed by atoms with van der Waals surface area (Å²) in [6, 6.07) is 17.5. The number of nitrogens with zero attached hydrogens (tertiary/aromatic N) is 1. The predicted molar refractivity (Wildman–Crippen MR) is 91.2 cm³/mol. The number of imide groups is 1. The molecule has 0 aromatic heterocycles. The Kier molecular flexibility index (Phi) is 5.04. The van der Waals surface area contributed by atoms with Gasteiger partial charge in [-0.1, -0.05) is 60.7 Å². The van der Waals surface area contributed by atoms with E-state index in [0.717, 1.165) is 16.0 Å². The Morgan fingerprint density at radius 3 is 1.92 bits per heavy atom. The standard InChI is InChI=1S/C20H17NO4/c22-18-11-12-19(23)21(18)17(13-15-7-3-1-4-8-15)20(24)25-14-16-9-5-2-6-10-16/h1-12,17H,13-14H2/t17-/m0/s1. The van der Waals surface area contributed by atoms with Gasteiger partial charge in [-0.2, -0.15) is 0 Å². The Labute approximate surface area is 145 Å². The molecule has 0 aliphatic carbocycles. The summed E-state index contributed by atoms with van der Waals surface area (Å²) in [5, 5.41) is 0. The van der Waals surface area contributed by atoms with Gasteiger partial charge >= 0.3 is 5.97 Å². The van der Waals surface area contributed by atoms with Crippen molar-refractivity contribution in [1.29, 1.82) is 0 Å². The van der Waals surface area contributed by atoms with Crippen molar-refractivity contribution < 1.29 is 19.1 Å². The number of hydrogen-bond donors (Lipinski definition) is 0. The zero-order valence-corrected chi connectivity index (χ0v) is 13.5. The largest absolute Gasteiger partial charge is 0.459 e. The minimum atomic E-state index is -0.985. The van der Waals surface area contributed by atoms with Crippen molar-refractivity contribution >= 4 is 17.8 Å². The second kappa shape index (κ2) is 7.57. The number of rotatable bonds is 6. The van der Waals surface area contributed by atoms with Crippen LogP contribution in [-0.4, -0.2) is 28.7 Å². The molecule has 1 aliphatic rings. The fourth-order valence-electron chi connectivity index (χ4n) is 2.66. The monoisotopic (exact) mass is 335 g/mol. The molecule has 0 unspecified atom stereocenters. The van der Waals surface area contributed by atoms with Crippen LogP contribution in [0.25, 0.3) is 0 Å². The highest BCUT2D eigenvalue weighted by Crippen LogP contribution is 2.16. The third kappa shape index (κ3) is 4.01. The van der Waals surface area contributed by atoms with E-state index in [1.54, 1.807) is 0 Å². The molecule has 2 amide bonds. The van der Waals surface area contributed by atoms with Gasteiger partial charge in [-0.3, -0.25) is 14.5 Å². The normalized spacial score (nSPS) is 14.6. The molecule has 2 aromatic rings. The highest BCUT2D eigenvalue weighted by atomic mass is 16.5. The number of carbonyl (C=O) groups excluding carboxylic acids is 3. The Morgan fingerprint density at radius 1 is 0.840 bits per heavy atom. The van der Waals surface area contributed by atoms with Crippen molar-refractivity contribution in [2.24, 2.45) is 0 Å². The molecule has 0 spiro atoms. The van der Waals surface area contributed by atoms with Gasteiger partial charge in [0.25, 0.3) is 11.8 Å². The average Bonchev–Trinajstić information content (AvgIpc) is 2.98. The van der Waals surface area contributed by atoms with Crippen molar-refractivity contribution in [3.8, 4) is 0 Å². The zero-order chi connectivity index (χ0) is 17.6. The molecule has 1 atom stereocenters. The molecule has 0 bridgehead atoms. The van der Waals surface area contributed by atoms with Crippen LogP contribution in [0, 0.1) is 0 Å². The first-order chi connectivity index (χ1) is 12.1. The number of hydrogen-bond acceptors (Lipinski definition) is 4. The number of benzene rings is 2. The lowest BCUT2D eigenvalue weighted by atomic mass is 10.0. The quantitative estimate of drug-likeness (QED) is 0.600. The molecule has 5 nitrogen and oxygen atoms in total. The highest BCUT2D eigenvalue weighted by molar-refractivity contribution is 6.14. The molecule has 126 valence electrons. The summed E-state index contributed by atoms with van der Waals surface area (Å²) in [6.45, 7) is 0.0919. The Bertz CT molecular complexity index is 781. The van der Waals surface area contributed by atoms with Gasteiger partial charge in [0.2, 0.25) is 0 Å². The number of esters is 1. The van der Waals surface area contributed by atoms with E-state index < -0.39 is 23.8 Å². The first-order valence-electron chi connectivity index (χ1n) is 7.95. The van der Waals surface area contributed by atoms with Crippen molar-refractivity contribution in [3.63, 3.8) is 0 Å². The fourth-order valence-corrected chi connectivity index (χ4v) is 2.66. The molecule has 1 aliphatic heterocycles. The summed E-state index contributed by atoms with van der Waals surface area (Å²) in [5.41, 5.74) is 1.68. The van der Waals surface area contributed by atoms with Crippen LogP contribution in [0.15, 0.2) is 72.8 Å². The van der Waals surface area contributed by atoms with Gasteiger partial charge in [0.15, 0.2) is 0 Å². The number of ether oxygens (including phenoxy) is 1. The third-order valence-electron chi connectivity index (χ3n) is 3.92. The Balaban J connectivity index is 1.76. The maximum atomic E-state index is 12.6. The minimum Gasteiger partial charge on any atom is -0.459 e. The molecule has 0 saturated carbocycles. The molecule has 1 heterocycles. The van der Waals surface area contributed by atoms with Crippen molar-refractivity contribution in [1.82, 2.24) is 4.90 Å². The van der Waals surface area contributed by atoms with Crippen molar-refractivity contribution in [2.45, 2.75) is 19.1 Å². The Morgan fingerprint density at radius 2 is 1.36 bits per heavy atom. The van der Waals surface area contributed by atoms with Gasteiger partial charge < -0.3 is 4.74 Å². The van der Waals surface area contributed by atoms with Crippen LogP contribution in [0.2, 0.25) is 0 Å². The lowest BCUT2D eigenvalue weighted by Gasteiger charge is -2.24. The fraction of sp³-hybridized carbons (Fsp3) is 0.150. The van der Waals surface area contributed by atoms with Crippen LogP contribution < -0.4 is 0 Å². The van der Waals surface area contributed by atoms with E-state index in [1.807, 2.05) is 60.7 Å². The summed E-state index contributed by atoms with van der Waals surface area (Å²) in [4.78, 5) is 37.6. The topological polar surface area (TPSA) is 63.7 Å². The van der Waals surface area contributed by atoms with E-state index in [0.29, 0.717) is 0 Å². The molecule has 0 saturated heterocycles. The summed E-state index contributed by atoms with van der Waals surface area (Å²) in [5.74, 6) is -1.59. The van der Waals surface area contributed by atoms with E-state index in [2.05, 4.69) is 0 Å². The van der Waals surface area contributed by atoms with Crippen LogP contribution in [0.4, 0.5) is 0 Å². The molecule has 25 heavy (non-hydrogen) atoms. The van der Waals surface area contributed by atoms with Gasteiger partial charge in [-0.25, -0.2) is 4.79 Å². The van der Waals surface area contributed by atoms with Crippen molar-refractivity contribution in [3.05, 3.63) is 83.9 Å². The van der Waals surface area contributed by atoms with Gasteiger partial charge in [0, 0.05) is 18.6 Å². The summed E-state index contributed by atoms with van der Waals surface area (Å²) >= 11 is 0. The first-order valence-corrected chi connectivity index (χ1v) is 7.95. The SMILES string of the molecule is O=C(OCc1ccccc1)[C@H](Cc1ccccc1)N1C(=O)C=CC1=O. The van der Waals surface area contributed by atoms with Gasteiger partial charge in [0.1, 0.15) is 12.6 Å². The second-order valence-corrected chi connectivity index (χ2v) is 5.68. The van der Waals surface area contributed by atoms with E-state index in [9.17, 15) is 14.4 Å². The predicted octanol–water partition coefficient (Wildman–Crippen LogP) is 2.27. The molecule has 3 rings (SSSR count). The van der Waals surface area contributed by atoms with E-state index >= 15 is 0 Å². The number of carbonyl (C=O) groups is 3. The lowest BCUT2D eigenvalue weighted by Crippen LogP contribution is -2.47. The summed E-state index contributed by atoms with van der Waals surface area (Å²) in [7, 11) is 0. The van der Waals surface area contributed by atoms with Crippen LogP contribution >= 0.6 is 0 Å². The Hall–Kier alpha value is -3.21. The maximum absolute atomic E-state index is 12.6. The molecule has 5 heteroatoms. The first kappa shape index (κ1) is 16.6. The smallest absolute Gasteiger partial charge is 0.330 e. The molecule has 2 aromatic carbocycles. The third-order valence-corrected chi connectivity index (χ3v) is 3.92. The van der Waals surface area contributed by atoms with Crippen LogP contribution in [0.5, 0.6) is 0 Å². The molecular weight excluding hydrogens is 318 g/mol. The number of amides is 2. The van der Waals surface area contributed by atoms with E-state index in [1.165, 1.54) is 12.2 Å². The van der Waals surface area contributed by atoms with Crippen LogP contribution in [0.1, 0.15) is 11.1 Å². The molecular formula is C20H17NO4. The van der Waals surface area contributed by atoms with Gasteiger partial charge in [-0.05, 0) is 11.1 Å². The molecule has 0 radical (unpaired) electrons. The maximum Gasteiger partial charge on any atom is 0.330 e. The van der Waals surface area contributed by atoms with E-state index in [-0.39, 0.29) is 13.0 Å². The second-order valence-electron chi connectivity index (χ2n) is 5.68. The molecule has 0 fully saturated rings. The van der Waals surface area contributed by atoms with Gasteiger partial charge in [0.05, 0.1) is 0 Å². The summed E-state index contributed by atoms with van der Waals surface area (Å²) < 4.78 is 5.36. The summed E-state index contributed by atoms with van der Waals surface area (Å²) in [6.07, 6.45) is 2.56. The average molecular weight is 335 g/mol. The zero-order valence-electron chi connectivity index (χ0n) is 13.5. The minimum absolute atomic E-state index is 0.0919. The van der Waals surface area contributed by atoms with Crippen LogP contribution in [0.3, 0.4) is 0 Å².